The van der Waals surface area contributed by atoms with Crippen molar-refractivity contribution < 1.29 is 4.79 Å². The van der Waals surface area contributed by atoms with Gasteiger partial charge in [-0.05, 0) is 25.5 Å². The van der Waals surface area contributed by atoms with Gasteiger partial charge in [-0.2, -0.15) is 0 Å². The Kier molecular flexibility index (Phi) is 5.90. The summed E-state index contributed by atoms with van der Waals surface area (Å²) in [6.07, 6.45) is 3.68. The first-order chi connectivity index (χ1) is 10.3. The number of aromatic nitrogens is 3. The molecular weight excluding hydrogens is 266 g/mol. The van der Waals surface area contributed by atoms with Crippen LogP contribution in [-0.4, -0.2) is 34.5 Å². The second kappa shape index (κ2) is 8.16. The van der Waals surface area contributed by atoms with Crippen LogP contribution in [0.5, 0.6) is 0 Å². The van der Waals surface area contributed by atoms with E-state index in [4.69, 9.17) is 0 Å². The van der Waals surface area contributed by atoms with Gasteiger partial charge in [0.1, 0.15) is 6.54 Å². The first-order valence-electron chi connectivity index (χ1n) is 7.12. The highest BCUT2D eigenvalue weighted by Gasteiger charge is 2.05. The fourth-order valence-electron chi connectivity index (χ4n) is 2.05. The van der Waals surface area contributed by atoms with Gasteiger partial charge in [0.05, 0.1) is 11.9 Å². The molecule has 0 unspecified atom stereocenters. The Morgan fingerprint density at radius 2 is 2.10 bits per heavy atom. The maximum absolute atomic E-state index is 11.8. The third-order valence-corrected chi connectivity index (χ3v) is 3.06. The Bertz CT molecular complexity index is 552. The summed E-state index contributed by atoms with van der Waals surface area (Å²) in [4.78, 5) is 11.8. The van der Waals surface area contributed by atoms with Crippen LogP contribution < -0.4 is 10.6 Å². The Morgan fingerprint density at radius 1 is 1.29 bits per heavy atom. The monoisotopic (exact) mass is 287 g/mol. The Balaban J connectivity index is 1.65. The maximum Gasteiger partial charge on any atom is 0.241 e. The molecule has 0 aliphatic rings. The molecule has 1 amide bonds. The van der Waals surface area contributed by atoms with E-state index in [1.807, 2.05) is 25.2 Å². The standard InChI is InChI=1S/C15H21N5O/c1-16-10-14-11-20(19-18-14)12-15(21)17-9-5-8-13-6-3-2-4-7-13/h2-4,6-7,11,16H,5,8-10,12H2,1H3,(H,17,21). The summed E-state index contributed by atoms with van der Waals surface area (Å²) in [7, 11) is 1.85. The highest BCUT2D eigenvalue weighted by molar-refractivity contribution is 5.75. The van der Waals surface area contributed by atoms with Gasteiger partial charge in [0, 0.05) is 13.1 Å². The number of aryl methyl sites for hydroxylation is 1. The van der Waals surface area contributed by atoms with Crippen LogP contribution in [0.2, 0.25) is 0 Å². The van der Waals surface area contributed by atoms with E-state index < -0.39 is 0 Å². The summed E-state index contributed by atoms with van der Waals surface area (Å²) < 4.78 is 1.55. The van der Waals surface area contributed by atoms with Crippen LogP contribution in [0.15, 0.2) is 36.5 Å². The van der Waals surface area contributed by atoms with Crippen LogP contribution in [0.3, 0.4) is 0 Å². The molecule has 2 aromatic rings. The zero-order valence-corrected chi connectivity index (χ0v) is 12.2. The average Bonchev–Trinajstić information content (AvgIpc) is 2.92. The molecule has 0 spiro atoms. The van der Waals surface area contributed by atoms with E-state index in [0.717, 1.165) is 18.5 Å². The van der Waals surface area contributed by atoms with Crippen molar-refractivity contribution in [3.05, 3.63) is 47.8 Å². The van der Waals surface area contributed by atoms with E-state index in [0.29, 0.717) is 13.1 Å². The number of hydrogen-bond donors (Lipinski definition) is 2. The van der Waals surface area contributed by atoms with Gasteiger partial charge in [0.15, 0.2) is 0 Å². The summed E-state index contributed by atoms with van der Waals surface area (Å²) in [6.45, 7) is 1.53. The summed E-state index contributed by atoms with van der Waals surface area (Å²) in [5.41, 5.74) is 2.12. The number of nitrogens with zero attached hydrogens (tertiary/aromatic N) is 3. The molecule has 0 fully saturated rings. The number of carbonyl (C=O) groups excluding carboxylic acids is 1. The fraction of sp³-hybridized carbons (Fsp3) is 0.400. The molecule has 6 nitrogen and oxygen atoms in total. The van der Waals surface area contributed by atoms with Gasteiger partial charge in [-0.15, -0.1) is 5.10 Å². The molecule has 1 aromatic carbocycles. The van der Waals surface area contributed by atoms with Crippen molar-refractivity contribution in [2.45, 2.75) is 25.9 Å². The zero-order chi connectivity index (χ0) is 14.9. The number of nitrogens with one attached hydrogen (secondary N) is 2. The SMILES string of the molecule is CNCc1cn(CC(=O)NCCCc2ccccc2)nn1. The second-order valence-electron chi connectivity index (χ2n) is 4.88. The molecule has 0 aliphatic carbocycles. The minimum absolute atomic E-state index is 0.0380. The molecule has 1 aromatic heterocycles. The Labute approximate surface area is 124 Å². The third-order valence-electron chi connectivity index (χ3n) is 3.06. The van der Waals surface area contributed by atoms with Gasteiger partial charge in [0.2, 0.25) is 5.91 Å². The molecule has 0 saturated carbocycles. The minimum Gasteiger partial charge on any atom is -0.354 e. The third kappa shape index (κ3) is 5.35. The molecular formula is C15H21N5O. The number of benzene rings is 1. The van der Waals surface area contributed by atoms with Crippen molar-refractivity contribution in [3.63, 3.8) is 0 Å². The summed E-state index contributed by atoms with van der Waals surface area (Å²) >= 11 is 0. The van der Waals surface area contributed by atoms with Crippen LogP contribution in [0, 0.1) is 0 Å². The number of carbonyl (C=O) groups is 1. The number of hydrogen-bond acceptors (Lipinski definition) is 4. The topological polar surface area (TPSA) is 71.8 Å². The van der Waals surface area contributed by atoms with E-state index in [-0.39, 0.29) is 12.5 Å². The summed E-state index contributed by atoms with van der Waals surface area (Å²) in [5, 5.41) is 13.8. The van der Waals surface area contributed by atoms with Gasteiger partial charge in [-0.1, -0.05) is 35.5 Å². The first-order valence-corrected chi connectivity index (χ1v) is 7.12. The Morgan fingerprint density at radius 3 is 2.86 bits per heavy atom. The molecule has 2 rings (SSSR count). The lowest BCUT2D eigenvalue weighted by Crippen LogP contribution is -2.28. The van der Waals surface area contributed by atoms with E-state index in [1.54, 1.807) is 10.9 Å². The predicted molar refractivity (Wildman–Crippen MR) is 80.6 cm³/mol. The van der Waals surface area contributed by atoms with Gasteiger partial charge in [0.25, 0.3) is 0 Å². The van der Waals surface area contributed by atoms with Crippen molar-refractivity contribution in [2.75, 3.05) is 13.6 Å². The zero-order valence-electron chi connectivity index (χ0n) is 12.2. The van der Waals surface area contributed by atoms with E-state index in [1.165, 1.54) is 5.56 Å². The number of rotatable bonds is 8. The van der Waals surface area contributed by atoms with E-state index >= 15 is 0 Å². The first kappa shape index (κ1) is 15.2. The maximum atomic E-state index is 11.8. The fourth-order valence-corrected chi connectivity index (χ4v) is 2.05. The summed E-state index contributed by atoms with van der Waals surface area (Å²) in [6, 6.07) is 10.3. The average molecular weight is 287 g/mol. The van der Waals surface area contributed by atoms with Crippen LogP contribution in [0.25, 0.3) is 0 Å². The van der Waals surface area contributed by atoms with E-state index in [9.17, 15) is 4.79 Å². The lowest BCUT2D eigenvalue weighted by molar-refractivity contribution is -0.121. The van der Waals surface area contributed by atoms with Crippen LogP contribution in [0.4, 0.5) is 0 Å². The lowest BCUT2D eigenvalue weighted by Gasteiger charge is -2.05. The lowest BCUT2D eigenvalue weighted by atomic mass is 10.1. The molecule has 0 bridgehead atoms. The molecule has 0 saturated heterocycles. The minimum atomic E-state index is -0.0380. The molecule has 112 valence electrons. The quantitative estimate of drug-likeness (QED) is 0.703. The van der Waals surface area contributed by atoms with Crippen molar-refractivity contribution in [3.8, 4) is 0 Å². The summed E-state index contributed by atoms with van der Waals surface area (Å²) in [5.74, 6) is -0.0380. The molecule has 0 radical (unpaired) electrons. The van der Waals surface area contributed by atoms with Crippen molar-refractivity contribution in [2.24, 2.45) is 0 Å². The molecule has 21 heavy (non-hydrogen) atoms. The predicted octanol–water partition coefficient (Wildman–Crippen LogP) is 0.746. The molecule has 0 aliphatic heterocycles. The number of amides is 1. The van der Waals surface area contributed by atoms with Crippen LogP contribution in [0.1, 0.15) is 17.7 Å². The van der Waals surface area contributed by atoms with Gasteiger partial charge in [-0.25, -0.2) is 4.68 Å². The van der Waals surface area contributed by atoms with Gasteiger partial charge in [-0.3, -0.25) is 4.79 Å². The largest absolute Gasteiger partial charge is 0.354 e. The molecule has 0 atom stereocenters. The van der Waals surface area contributed by atoms with Crippen LogP contribution in [-0.2, 0) is 24.3 Å². The van der Waals surface area contributed by atoms with Crippen molar-refractivity contribution in [1.29, 1.82) is 0 Å². The molecule has 1 heterocycles. The van der Waals surface area contributed by atoms with E-state index in [2.05, 4.69) is 33.1 Å². The highest BCUT2D eigenvalue weighted by atomic mass is 16.2. The highest BCUT2D eigenvalue weighted by Crippen LogP contribution is 2.01. The molecule has 6 heteroatoms. The van der Waals surface area contributed by atoms with Gasteiger partial charge >= 0.3 is 0 Å². The molecule has 2 N–H and O–H groups in total. The van der Waals surface area contributed by atoms with Crippen molar-refractivity contribution in [1.82, 2.24) is 25.6 Å². The second-order valence-corrected chi connectivity index (χ2v) is 4.88. The van der Waals surface area contributed by atoms with Crippen molar-refractivity contribution >= 4 is 5.91 Å². The van der Waals surface area contributed by atoms with Crippen LogP contribution >= 0.6 is 0 Å². The van der Waals surface area contributed by atoms with Gasteiger partial charge < -0.3 is 10.6 Å². The Hall–Kier alpha value is -2.21. The smallest absolute Gasteiger partial charge is 0.241 e. The normalized spacial score (nSPS) is 10.5.